The van der Waals surface area contributed by atoms with E-state index in [9.17, 15) is 4.79 Å². The SMILES string of the molecule is C[Se]c1ncccc1C=O. The van der Waals surface area contributed by atoms with Crippen LogP contribution in [0.4, 0.5) is 0 Å². The summed E-state index contributed by atoms with van der Waals surface area (Å²) in [5.74, 6) is 2.04. The summed E-state index contributed by atoms with van der Waals surface area (Å²) in [7, 11) is 0. The summed E-state index contributed by atoms with van der Waals surface area (Å²) in [5, 5.41) is 0. The van der Waals surface area contributed by atoms with Crippen LogP contribution >= 0.6 is 0 Å². The van der Waals surface area contributed by atoms with Crippen LogP contribution in [-0.2, 0) is 0 Å². The zero-order valence-electron chi connectivity index (χ0n) is 5.57. The first kappa shape index (κ1) is 7.45. The van der Waals surface area contributed by atoms with Crippen LogP contribution in [0.1, 0.15) is 10.4 Å². The summed E-state index contributed by atoms with van der Waals surface area (Å²) in [5.41, 5.74) is 0.727. The monoisotopic (exact) mass is 201 g/mol. The van der Waals surface area contributed by atoms with Gasteiger partial charge in [0.1, 0.15) is 0 Å². The van der Waals surface area contributed by atoms with Crippen LogP contribution in [0.2, 0.25) is 5.82 Å². The van der Waals surface area contributed by atoms with E-state index in [1.807, 2.05) is 5.82 Å². The van der Waals surface area contributed by atoms with Gasteiger partial charge in [-0.1, -0.05) is 0 Å². The van der Waals surface area contributed by atoms with E-state index in [1.165, 1.54) is 0 Å². The Morgan fingerprint density at radius 1 is 1.70 bits per heavy atom. The van der Waals surface area contributed by atoms with Gasteiger partial charge in [-0.05, 0) is 0 Å². The van der Waals surface area contributed by atoms with Crippen molar-refractivity contribution < 1.29 is 4.79 Å². The van der Waals surface area contributed by atoms with Crippen molar-refractivity contribution in [2.24, 2.45) is 0 Å². The van der Waals surface area contributed by atoms with Crippen LogP contribution in [-0.4, -0.2) is 26.2 Å². The molecule has 0 bridgehead atoms. The first-order chi connectivity index (χ1) is 4.88. The Balaban J connectivity index is 3.08. The van der Waals surface area contributed by atoms with Gasteiger partial charge in [-0.2, -0.15) is 0 Å². The molecule has 10 heavy (non-hydrogen) atoms. The standard InChI is InChI=1S/C7H7NOSe/c1-10-7-6(5-9)3-2-4-8-7/h2-5H,1H3. The molecule has 0 aliphatic rings. The molecular weight excluding hydrogens is 193 g/mol. The molecule has 0 aromatic carbocycles. The predicted molar refractivity (Wildman–Crippen MR) is 40.9 cm³/mol. The van der Waals surface area contributed by atoms with Gasteiger partial charge in [0.15, 0.2) is 0 Å². The summed E-state index contributed by atoms with van der Waals surface area (Å²) >= 11 is 0.317. The van der Waals surface area contributed by atoms with E-state index in [2.05, 4.69) is 4.98 Å². The summed E-state index contributed by atoms with van der Waals surface area (Å²) in [6.45, 7) is 0. The number of nitrogens with zero attached hydrogens (tertiary/aromatic N) is 1. The van der Waals surface area contributed by atoms with Crippen molar-refractivity contribution in [2.45, 2.75) is 5.82 Å². The van der Waals surface area contributed by atoms with Crippen molar-refractivity contribution >= 4 is 25.8 Å². The van der Waals surface area contributed by atoms with E-state index < -0.39 is 0 Å². The molecule has 0 fully saturated rings. The van der Waals surface area contributed by atoms with Crippen LogP contribution in [0, 0.1) is 0 Å². The Hall–Kier alpha value is -0.661. The van der Waals surface area contributed by atoms with E-state index >= 15 is 0 Å². The molecule has 0 spiro atoms. The van der Waals surface area contributed by atoms with Gasteiger partial charge in [0, 0.05) is 0 Å². The van der Waals surface area contributed by atoms with Crippen LogP contribution < -0.4 is 4.59 Å². The van der Waals surface area contributed by atoms with E-state index in [0.717, 1.165) is 16.4 Å². The molecule has 1 rings (SSSR count). The number of hydrogen-bond donors (Lipinski definition) is 0. The zero-order valence-corrected chi connectivity index (χ0v) is 7.29. The molecule has 52 valence electrons. The fourth-order valence-corrected chi connectivity index (χ4v) is 1.75. The molecule has 0 N–H and O–H groups in total. The van der Waals surface area contributed by atoms with Gasteiger partial charge in [0.25, 0.3) is 0 Å². The van der Waals surface area contributed by atoms with E-state index in [1.54, 1.807) is 18.3 Å². The fourth-order valence-electron chi connectivity index (χ4n) is 0.664. The van der Waals surface area contributed by atoms with Gasteiger partial charge in [0.05, 0.1) is 0 Å². The molecule has 0 aliphatic heterocycles. The maximum atomic E-state index is 10.4. The van der Waals surface area contributed by atoms with Gasteiger partial charge in [-0.25, -0.2) is 0 Å². The van der Waals surface area contributed by atoms with Crippen LogP contribution in [0.25, 0.3) is 0 Å². The Kier molecular flexibility index (Phi) is 2.60. The van der Waals surface area contributed by atoms with Crippen molar-refractivity contribution in [1.82, 2.24) is 4.98 Å². The number of hydrogen-bond acceptors (Lipinski definition) is 2. The van der Waals surface area contributed by atoms with Crippen molar-refractivity contribution in [3.05, 3.63) is 23.9 Å². The first-order valence-electron chi connectivity index (χ1n) is 2.82. The number of rotatable bonds is 2. The molecule has 0 unspecified atom stereocenters. The molecule has 0 aliphatic carbocycles. The number of carbonyl (C=O) groups is 1. The van der Waals surface area contributed by atoms with E-state index in [-0.39, 0.29) is 0 Å². The number of pyridine rings is 1. The summed E-state index contributed by atoms with van der Waals surface area (Å²) in [6.07, 6.45) is 2.57. The molecule has 0 saturated heterocycles. The topological polar surface area (TPSA) is 30.0 Å². The summed E-state index contributed by atoms with van der Waals surface area (Å²) in [6, 6.07) is 3.57. The molecule has 1 aromatic heterocycles. The summed E-state index contributed by atoms with van der Waals surface area (Å²) < 4.78 is 0.935. The third kappa shape index (κ3) is 1.43. The summed E-state index contributed by atoms with van der Waals surface area (Å²) in [4.78, 5) is 14.4. The van der Waals surface area contributed by atoms with E-state index in [4.69, 9.17) is 0 Å². The molecule has 0 amide bonds. The van der Waals surface area contributed by atoms with Crippen molar-refractivity contribution in [1.29, 1.82) is 0 Å². The Morgan fingerprint density at radius 3 is 3.00 bits per heavy atom. The van der Waals surface area contributed by atoms with Gasteiger partial charge in [0.2, 0.25) is 0 Å². The van der Waals surface area contributed by atoms with Gasteiger partial charge in [-0.15, -0.1) is 0 Å². The average Bonchev–Trinajstić information content (AvgIpc) is 2.04. The van der Waals surface area contributed by atoms with Crippen LogP contribution in [0.15, 0.2) is 18.3 Å². The normalized spacial score (nSPS) is 9.30. The van der Waals surface area contributed by atoms with Gasteiger partial charge < -0.3 is 0 Å². The Bertz CT molecular complexity index is 237. The molecule has 3 heteroatoms. The third-order valence-corrected chi connectivity index (χ3v) is 2.65. The molecule has 1 aromatic rings. The second-order valence-corrected chi connectivity index (χ2v) is 3.39. The molecule has 0 radical (unpaired) electrons. The quantitative estimate of drug-likeness (QED) is 0.506. The van der Waals surface area contributed by atoms with Gasteiger partial charge >= 0.3 is 65.3 Å². The second-order valence-electron chi connectivity index (χ2n) is 1.72. The Morgan fingerprint density at radius 2 is 2.50 bits per heavy atom. The molecule has 1 heterocycles. The van der Waals surface area contributed by atoms with Crippen molar-refractivity contribution in [2.75, 3.05) is 0 Å². The van der Waals surface area contributed by atoms with Gasteiger partial charge in [-0.3, -0.25) is 0 Å². The molecule has 2 nitrogen and oxygen atoms in total. The van der Waals surface area contributed by atoms with Crippen molar-refractivity contribution in [3.8, 4) is 0 Å². The minimum atomic E-state index is 0.317. The third-order valence-electron chi connectivity index (χ3n) is 1.12. The Labute approximate surface area is 65.8 Å². The molecule has 0 atom stereocenters. The second kappa shape index (κ2) is 3.49. The number of aldehydes is 1. The average molecular weight is 200 g/mol. The minimum absolute atomic E-state index is 0.317. The zero-order chi connectivity index (χ0) is 7.40. The molecule has 0 saturated carbocycles. The number of carbonyl (C=O) groups excluding carboxylic acids is 1. The number of aromatic nitrogens is 1. The predicted octanol–water partition coefficient (Wildman–Crippen LogP) is 0.272. The van der Waals surface area contributed by atoms with Crippen LogP contribution in [0.5, 0.6) is 0 Å². The fraction of sp³-hybridized carbons (Fsp3) is 0.143. The maximum absolute atomic E-state index is 10.4. The van der Waals surface area contributed by atoms with Crippen LogP contribution in [0.3, 0.4) is 0 Å². The molecular formula is C7H7NOSe. The first-order valence-corrected chi connectivity index (χ1v) is 5.39. The van der Waals surface area contributed by atoms with E-state index in [0.29, 0.717) is 15.0 Å². The van der Waals surface area contributed by atoms with Crippen molar-refractivity contribution in [3.63, 3.8) is 0 Å².